The Hall–Kier alpha value is -1.62. The average Bonchev–Trinajstić information content (AvgIpc) is 2.90. The highest BCUT2D eigenvalue weighted by Gasteiger charge is 2.22. The summed E-state index contributed by atoms with van der Waals surface area (Å²) in [6, 6.07) is 6.50. The molecular formula is C15H22FN3O. The van der Waals surface area contributed by atoms with Gasteiger partial charge in [-0.1, -0.05) is 19.1 Å². The van der Waals surface area contributed by atoms with Gasteiger partial charge in [0.2, 0.25) is 0 Å². The SMILES string of the molecule is CCN1CCC[C@H]1CNC(=O)NCc1cccc(F)c1. The molecule has 0 unspecified atom stereocenters. The van der Waals surface area contributed by atoms with Gasteiger partial charge in [0.15, 0.2) is 0 Å². The van der Waals surface area contributed by atoms with E-state index in [1.54, 1.807) is 12.1 Å². The van der Waals surface area contributed by atoms with Crippen LogP contribution in [0.3, 0.4) is 0 Å². The third-order valence-corrected chi connectivity index (χ3v) is 3.75. The van der Waals surface area contributed by atoms with Crippen LogP contribution < -0.4 is 10.6 Å². The van der Waals surface area contributed by atoms with Gasteiger partial charge in [-0.3, -0.25) is 4.90 Å². The molecule has 1 aromatic carbocycles. The van der Waals surface area contributed by atoms with E-state index in [4.69, 9.17) is 0 Å². The van der Waals surface area contributed by atoms with Gasteiger partial charge in [-0.25, -0.2) is 9.18 Å². The number of hydrogen-bond acceptors (Lipinski definition) is 2. The van der Waals surface area contributed by atoms with Crippen LogP contribution in [0.4, 0.5) is 9.18 Å². The molecule has 0 saturated carbocycles. The van der Waals surface area contributed by atoms with Gasteiger partial charge in [0, 0.05) is 19.1 Å². The van der Waals surface area contributed by atoms with Crippen molar-refractivity contribution in [2.24, 2.45) is 0 Å². The molecule has 0 spiro atoms. The van der Waals surface area contributed by atoms with Gasteiger partial charge in [0.1, 0.15) is 5.82 Å². The summed E-state index contributed by atoms with van der Waals surface area (Å²) < 4.78 is 13.0. The molecule has 110 valence electrons. The number of likely N-dealkylation sites (tertiary alicyclic amines) is 1. The molecule has 1 fully saturated rings. The second-order valence-corrected chi connectivity index (χ2v) is 5.12. The molecule has 1 atom stereocenters. The van der Waals surface area contributed by atoms with Gasteiger partial charge < -0.3 is 10.6 Å². The molecule has 4 nitrogen and oxygen atoms in total. The minimum Gasteiger partial charge on any atom is -0.337 e. The van der Waals surface area contributed by atoms with Gasteiger partial charge >= 0.3 is 6.03 Å². The van der Waals surface area contributed by atoms with Gasteiger partial charge in [-0.2, -0.15) is 0 Å². The summed E-state index contributed by atoms with van der Waals surface area (Å²) in [6.07, 6.45) is 2.34. The monoisotopic (exact) mass is 279 g/mol. The highest BCUT2D eigenvalue weighted by atomic mass is 19.1. The molecular weight excluding hydrogens is 257 g/mol. The molecule has 2 N–H and O–H groups in total. The number of carbonyl (C=O) groups excluding carboxylic acids is 1. The van der Waals surface area contributed by atoms with E-state index in [1.165, 1.54) is 18.6 Å². The van der Waals surface area contributed by atoms with Gasteiger partial charge in [0.25, 0.3) is 0 Å². The maximum absolute atomic E-state index is 13.0. The molecule has 0 radical (unpaired) electrons. The topological polar surface area (TPSA) is 44.4 Å². The third kappa shape index (κ3) is 4.20. The van der Waals surface area contributed by atoms with E-state index in [0.29, 0.717) is 19.1 Å². The number of nitrogens with one attached hydrogen (secondary N) is 2. The first kappa shape index (κ1) is 14.8. The molecule has 1 saturated heterocycles. The molecule has 5 heteroatoms. The van der Waals surface area contributed by atoms with Crippen LogP contribution in [-0.2, 0) is 6.54 Å². The standard InChI is InChI=1S/C15H22FN3O/c1-2-19-8-4-7-14(19)11-18-15(20)17-10-12-5-3-6-13(16)9-12/h3,5-6,9,14H,2,4,7-8,10-11H2,1H3,(H2,17,18,20)/t14-/m0/s1. The van der Waals surface area contributed by atoms with Crippen molar-refractivity contribution in [3.05, 3.63) is 35.6 Å². The fraction of sp³-hybridized carbons (Fsp3) is 0.533. The first-order chi connectivity index (χ1) is 9.69. The number of rotatable bonds is 5. The molecule has 2 amide bonds. The Bertz CT molecular complexity index is 452. The van der Waals surface area contributed by atoms with Crippen LogP contribution in [0.1, 0.15) is 25.3 Å². The zero-order valence-electron chi connectivity index (χ0n) is 11.9. The lowest BCUT2D eigenvalue weighted by atomic mass is 10.2. The maximum Gasteiger partial charge on any atom is 0.315 e. The molecule has 1 aliphatic rings. The molecule has 0 aliphatic carbocycles. The zero-order valence-corrected chi connectivity index (χ0v) is 11.9. The van der Waals surface area contributed by atoms with E-state index in [0.717, 1.165) is 25.1 Å². The normalized spacial score (nSPS) is 19.0. The number of nitrogens with zero attached hydrogens (tertiary/aromatic N) is 1. The van der Waals surface area contributed by atoms with Crippen LogP contribution in [0.5, 0.6) is 0 Å². The van der Waals surface area contributed by atoms with E-state index in [2.05, 4.69) is 22.5 Å². The average molecular weight is 279 g/mol. The first-order valence-corrected chi connectivity index (χ1v) is 7.19. The maximum atomic E-state index is 13.0. The number of halogens is 1. The van der Waals surface area contributed by atoms with E-state index in [-0.39, 0.29) is 11.8 Å². The summed E-state index contributed by atoms with van der Waals surface area (Å²) in [5.74, 6) is -0.283. The summed E-state index contributed by atoms with van der Waals surface area (Å²) in [5.41, 5.74) is 0.760. The van der Waals surface area contributed by atoms with Crippen molar-refractivity contribution in [1.82, 2.24) is 15.5 Å². The van der Waals surface area contributed by atoms with Crippen molar-refractivity contribution in [1.29, 1.82) is 0 Å². The van der Waals surface area contributed by atoms with E-state index in [1.807, 2.05) is 0 Å². The molecule has 2 rings (SSSR count). The quantitative estimate of drug-likeness (QED) is 0.867. The lowest BCUT2D eigenvalue weighted by molar-refractivity contribution is 0.228. The Balaban J connectivity index is 1.70. The summed E-state index contributed by atoms with van der Waals surface area (Å²) in [4.78, 5) is 14.1. The van der Waals surface area contributed by atoms with Crippen molar-refractivity contribution in [2.45, 2.75) is 32.4 Å². The molecule has 1 aromatic rings. The summed E-state index contributed by atoms with van der Waals surface area (Å²) in [6.45, 7) is 5.29. The van der Waals surface area contributed by atoms with Gasteiger partial charge in [0.05, 0.1) is 0 Å². The zero-order chi connectivity index (χ0) is 14.4. The second kappa shape index (κ2) is 7.24. The van der Waals surface area contributed by atoms with Gasteiger partial charge in [-0.05, 0) is 43.6 Å². The van der Waals surface area contributed by atoms with Crippen molar-refractivity contribution in [2.75, 3.05) is 19.6 Å². The van der Waals surface area contributed by atoms with Crippen LogP contribution in [-0.4, -0.2) is 36.6 Å². The lowest BCUT2D eigenvalue weighted by Crippen LogP contribution is -2.43. The fourth-order valence-corrected chi connectivity index (χ4v) is 2.64. The third-order valence-electron chi connectivity index (χ3n) is 3.75. The van der Waals surface area contributed by atoms with E-state index >= 15 is 0 Å². The fourth-order valence-electron chi connectivity index (χ4n) is 2.64. The largest absolute Gasteiger partial charge is 0.337 e. The number of hydrogen-bond donors (Lipinski definition) is 2. The van der Waals surface area contributed by atoms with Crippen LogP contribution >= 0.6 is 0 Å². The molecule has 1 heterocycles. The predicted molar refractivity (Wildman–Crippen MR) is 76.9 cm³/mol. The highest BCUT2D eigenvalue weighted by molar-refractivity contribution is 5.73. The van der Waals surface area contributed by atoms with Crippen molar-refractivity contribution in [3.8, 4) is 0 Å². The highest BCUT2D eigenvalue weighted by Crippen LogP contribution is 2.15. The Morgan fingerprint density at radius 1 is 1.45 bits per heavy atom. The minimum atomic E-state index is -0.283. The Morgan fingerprint density at radius 2 is 2.30 bits per heavy atom. The summed E-state index contributed by atoms with van der Waals surface area (Å²) in [5, 5.41) is 5.64. The van der Waals surface area contributed by atoms with E-state index in [9.17, 15) is 9.18 Å². The second-order valence-electron chi connectivity index (χ2n) is 5.12. The molecule has 1 aliphatic heterocycles. The summed E-state index contributed by atoms with van der Waals surface area (Å²) in [7, 11) is 0. The molecule has 20 heavy (non-hydrogen) atoms. The van der Waals surface area contributed by atoms with Crippen molar-refractivity contribution < 1.29 is 9.18 Å². The predicted octanol–water partition coefficient (Wildman–Crippen LogP) is 2.11. The van der Waals surface area contributed by atoms with Crippen molar-refractivity contribution in [3.63, 3.8) is 0 Å². The number of carbonyl (C=O) groups is 1. The van der Waals surface area contributed by atoms with Gasteiger partial charge in [-0.15, -0.1) is 0 Å². The lowest BCUT2D eigenvalue weighted by Gasteiger charge is -2.22. The molecule has 0 bridgehead atoms. The first-order valence-electron chi connectivity index (χ1n) is 7.19. The number of likely N-dealkylation sites (N-methyl/N-ethyl adjacent to an activating group) is 1. The number of amides is 2. The van der Waals surface area contributed by atoms with Crippen molar-refractivity contribution >= 4 is 6.03 Å². The Labute approximate surface area is 119 Å². The minimum absolute atomic E-state index is 0.197. The van der Waals surface area contributed by atoms with Crippen LogP contribution in [0.15, 0.2) is 24.3 Å². The smallest absolute Gasteiger partial charge is 0.315 e. The van der Waals surface area contributed by atoms with Crippen LogP contribution in [0.25, 0.3) is 0 Å². The molecule has 0 aromatic heterocycles. The number of benzene rings is 1. The summed E-state index contributed by atoms with van der Waals surface area (Å²) >= 11 is 0. The Morgan fingerprint density at radius 3 is 3.05 bits per heavy atom. The van der Waals surface area contributed by atoms with Crippen LogP contribution in [0, 0.1) is 5.82 Å². The van der Waals surface area contributed by atoms with E-state index < -0.39 is 0 Å². The number of urea groups is 1. The Kier molecular flexibility index (Phi) is 5.35. The van der Waals surface area contributed by atoms with Crippen LogP contribution in [0.2, 0.25) is 0 Å².